The van der Waals surface area contributed by atoms with E-state index in [9.17, 15) is 0 Å². The fourth-order valence-electron chi connectivity index (χ4n) is 1.39. The average molecular weight is 272 g/mol. The Kier molecular flexibility index (Phi) is 6.03. The highest BCUT2D eigenvalue weighted by molar-refractivity contribution is 5.55. The molecule has 0 unspecified atom stereocenters. The maximum Gasteiger partial charge on any atom is 0.246 e. The van der Waals surface area contributed by atoms with Crippen LogP contribution in [-0.4, -0.2) is 14.6 Å². The van der Waals surface area contributed by atoms with E-state index in [1.54, 1.807) is 22.7 Å². The molecule has 2 aromatic rings. The number of nitrogens with two attached hydrogens (primary N) is 1. The van der Waals surface area contributed by atoms with E-state index in [0.29, 0.717) is 17.3 Å². The van der Waals surface area contributed by atoms with Gasteiger partial charge in [0, 0.05) is 11.9 Å². The summed E-state index contributed by atoms with van der Waals surface area (Å²) in [6, 6.07) is 3.77. The maximum atomic E-state index is 5.64. The number of ether oxygens (including phenoxy) is 1. The molecule has 2 aromatic heterocycles. The lowest BCUT2D eigenvalue weighted by atomic mass is 10.3. The van der Waals surface area contributed by atoms with Crippen LogP contribution in [0.2, 0.25) is 0 Å². The molecule has 0 aliphatic carbocycles. The Morgan fingerprint density at radius 2 is 2.15 bits per heavy atom. The number of nitrogens with zero attached hydrogens (tertiary/aromatic N) is 3. The molecular formula is C15H20N4O. The SMILES string of the molecule is C=C/C(N)=C\C=C(/C)Oc1ncnn2cccc12.CC. The molecule has 2 rings (SSSR count). The lowest BCUT2D eigenvalue weighted by Gasteiger charge is -2.05. The van der Waals surface area contributed by atoms with Crippen molar-refractivity contribution in [2.75, 3.05) is 0 Å². The Hall–Kier alpha value is -2.56. The molecule has 0 saturated carbocycles. The molecule has 0 bridgehead atoms. The van der Waals surface area contributed by atoms with Gasteiger partial charge in [-0.05, 0) is 37.3 Å². The van der Waals surface area contributed by atoms with Crippen LogP contribution < -0.4 is 10.5 Å². The van der Waals surface area contributed by atoms with Gasteiger partial charge in [-0.2, -0.15) is 10.1 Å². The van der Waals surface area contributed by atoms with E-state index in [-0.39, 0.29) is 0 Å². The van der Waals surface area contributed by atoms with Crippen molar-refractivity contribution in [2.45, 2.75) is 20.8 Å². The molecule has 0 amide bonds. The Morgan fingerprint density at radius 1 is 1.40 bits per heavy atom. The second-order valence-electron chi connectivity index (χ2n) is 3.65. The lowest BCUT2D eigenvalue weighted by Crippen LogP contribution is -1.99. The van der Waals surface area contributed by atoms with Gasteiger partial charge in [-0.25, -0.2) is 4.52 Å². The highest BCUT2D eigenvalue weighted by Gasteiger charge is 2.04. The first kappa shape index (κ1) is 15.5. The van der Waals surface area contributed by atoms with Crippen LogP contribution in [0.15, 0.2) is 60.9 Å². The molecule has 2 heterocycles. The topological polar surface area (TPSA) is 65.4 Å². The van der Waals surface area contributed by atoms with E-state index >= 15 is 0 Å². The zero-order valence-electron chi connectivity index (χ0n) is 12.1. The third kappa shape index (κ3) is 3.98. The minimum absolute atomic E-state index is 0.509. The van der Waals surface area contributed by atoms with Crippen molar-refractivity contribution in [1.82, 2.24) is 14.6 Å². The van der Waals surface area contributed by atoms with Gasteiger partial charge in [-0.1, -0.05) is 20.4 Å². The highest BCUT2D eigenvalue weighted by atomic mass is 16.5. The van der Waals surface area contributed by atoms with Crippen molar-refractivity contribution in [2.24, 2.45) is 5.73 Å². The van der Waals surface area contributed by atoms with Crippen molar-refractivity contribution in [3.63, 3.8) is 0 Å². The van der Waals surface area contributed by atoms with Gasteiger partial charge in [0.25, 0.3) is 0 Å². The van der Waals surface area contributed by atoms with Gasteiger partial charge in [-0.15, -0.1) is 0 Å². The van der Waals surface area contributed by atoms with E-state index < -0.39 is 0 Å². The first-order valence-electron chi connectivity index (χ1n) is 6.43. The van der Waals surface area contributed by atoms with Crippen molar-refractivity contribution >= 4 is 5.52 Å². The first-order valence-corrected chi connectivity index (χ1v) is 6.43. The summed E-state index contributed by atoms with van der Waals surface area (Å²) in [6.45, 7) is 9.40. The van der Waals surface area contributed by atoms with E-state index in [0.717, 1.165) is 5.52 Å². The van der Waals surface area contributed by atoms with Gasteiger partial charge in [0.15, 0.2) is 0 Å². The molecule has 5 nitrogen and oxygen atoms in total. The number of allylic oxidation sites excluding steroid dienone is 4. The molecule has 0 aliphatic heterocycles. The van der Waals surface area contributed by atoms with Crippen molar-refractivity contribution < 1.29 is 4.74 Å². The number of hydrogen-bond acceptors (Lipinski definition) is 4. The standard InChI is InChI=1S/C13H14N4O.C2H6/c1-3-11(14)7-6-10(2)18-13-12-5-4-8-17(12)16-9-15-13;1-2/h3-9H,1,14H2,2H3;1-2H3/b10-6+,11-7+;. The fourth-order valence-corrected chi connectivity index (χ4v) is 1.39. The summed E-state index contributed by atoms with van der Waals surface area (Å²) in [7, 11) is 0. The molecule has 0 radical (unpaired) electrons. The summed E-state index contributed by atoms with van der Waals surface area (Å²) < 4.78 is 7.33. The van der Waals surface area contributed by atoms with Crippen LogP contribution in [0.1, 0.15) is 20.8 Å². The number of aromatic nitrogens is 3. The summed E-state index contributed by atoms with van der Waals surface area (Å²) in [5.74, 6) is 1.19. The summed E-state index contributed by atoms with van der Waals surface area (Å²) in [5, 5.41) is 4.06. The predicted molar refractivity (Wildman–Crippen MR) is 81.2 cm³/mol. The molecular weight excluding hydrogens is 252 g/mol. The molecule has 0 fully saturated rings. The zero-order valence-corrected chi connectivity index (χ0v) is 12.1. The molecule has 0 aromatic carbocycles. The molecule has 0 atom stereocenters. The van der Waals surface area contributed by atoms with Gasteiger partial charge in [-0.3, -0.25) is 0 Å². The molecule has 106 valence electrons. The largest absolute Gasteiger partial charge is 0.442 e. The molecule has 20 heavy (non-hydrogen) atoms. The van der Waals surface area contributed by atoms with Crippen LogP contribution in [0.25, 0.3) is 5.52 Å². The van der Waals surface area contributed by atoms with Crippen LogP contribution in [0.4, 0.5) is 0 Å². The first-order chi connectivity index (χ1) is 9.70. The average Bonchev–Trinajstić information content (AvgIpc) is 2.96. The summed E-state index contributed by atoms with van der Waals surface area (Å²) in [5.41, 5.74) is 6.99. The van der Waals surface area contributed by atoms with Crippen LogP contribution in [0.3, 0.4) is 0 Å². The minimum atomic E-state index is 0.509. The molecule has 5 heteroatoms. The van der Waals surface area contributed by atoms with Crippen LogP contribution in [0, 0.1) is 0 Å². The Labute approximate surface area is 119 Å². The number of fused-ring (bicyclic) bond motifs is 1. The van der Waals surface area contributed by atoms with Crippen molar-refractivity contribution in [1.29, 1.82) is 0 Å². The van der Waals surface area contributed by atoms with E-state index in [1.807, 2.05) is 39.1 Å². The number of rotatable bonds is 4. The van der Waals surface area contributed by atoms with Gasteiger partial charge >= 0.3 is 0 Å². The van der Waals surface area contributed by atoms with Gasteiger partial charge in [0.05, 0.1) is 0 Å². The van der Waals surface area contributed by atoms with E-state index in [4.69, 9.17) is 10.5 Å². The monoisotopic (exact) mass is 272 g/mol. The molecule has 0 saturated heterocycles. The molecule has 2 N–H and O–H groups in total. The van der Waals surface area contributed by atoms with E-state index in [2.05, 4.69) is 16.7 Å². The van der Waals surface area contributed by atoms with Crippen LogP contribution in [0.5, 0.6) is 5.88 Å². The Balaban J connectivity index is 0.000000956. The van der Waals surface area contributed by atoms with Gasteiger partial charge in [0.2, 0.25) is 5.88 Å². The minimum Gasteiger partial charge on any atom is -0.442 e. The van der Waals surface area contributed by atoms with E-state index in [1.165, 1.54) is 6.33 Å². The van der Waals surface area contributed by atoms with Crippen LogP contribution in [-0.2, 0) is 0 Å². The van der Waals surface area contributed by atoms with Crippen molar-refractivity contribution in [3.8, 4) is 5.88 Å². The quantitative estimate of drug-likeness (QED) is 0.686. The van der Waals surface area contributed by atoms with Gasteiger partial charge in [0.1, 0.15) is 17.6 Å². The van der Waals surface area contributed by atoms with Crippen molar-refractivity contribution in [3.05, 3.63) is 60.9 Å². The summed E-state index contributed by atoms with van der Waals surface area (Å²) in [6.07, 6.45) is 8.33. The van der Waals surface area contributed by atoms with Crippen LogP contribution >= 0.6 is 0 Å². The summed E-state index contributed by atoms with van der Waals surface area (Å²) in [4.78, 5) is 4.10. The highest BCUT2D eigenvalue weighted by Crippen LogP contribution is 2.17. The second kappa shape index (κ2) is 7.78. The third-order valence-electron chi connectivity index (χ3n) is 2.30. The Morgan fingerprint density at radius 3 is 2.85 bits per heavy atom. The zero-order chi connectivity index (χ0) is 15.0. The second-order valence-corrected chi connectivity index (χ2v) is 3.65. The Bertz CT molecular complexity index is 626. The summed E-state index contributed by atoms with van der Waals surface area (Å²) >= 11 is 0. The fraction of sp³-hybridized carbons (Fsp3) is 0.200. The predicted octanol–water partition coefficient (Wildman–Crippen LogP) is 3.07. The lowest BCUT2D eigenvalue weighted by molar-refractivity contribution is 0.412. The van der Waals surface area contributed by atoms with Gasteiger partial charge < -0.3 is 10.5 Å². The molecule has 0 aliphatic rings. The smallest absolute Gasteiger partial charge is 0.246 e. The maximum absolute atomic E-state index is 5.64. The normalized spacial score (nSPS) is 11.8. The molecule has 0 spiro atoms. The number of hydrogen-bond donors (Lipinski definition) is 1. The third-order valence-corrected chi connectivity index (χ3v) is 2.30.